The minimum atomic E-state index is -0.648. The van der Waals surface area contributed by atoms with Gasteiger partial charge in [-0.3, -0.25) is 19.5 Å². The number of hydrogen-bond donors (Lipinski definition) is 3. The molecule has 2 unspecified atom stereocenters. The second-order valence-electron chi connectivity index (χ2n) is 9.76. The van der Waals surface area contributed by atoms with Gasteiger partial charge >= 0.3 is 0 Å². The topological polar surface area (TPSA) is 107 Å². The molecule has 8 nitrogen and oxygen atoms in total. The van der Waals surface area contributed by atoms with Gasteiger partial charge in [-0.2, -0.15) is 5.10 Å². The largest absolute Gasteiger partial charge is 0.344 e. The molecule has 1 aliphatic rings. The zero-order valence-corrected chi connectivity index (χ0v) is 20.0. The molecule has 33 heavy (non-hydrogen) atoms. The molecule has 1 fully saturated rings. The Morgan fingerprint density at radius 3 is 2.61 bits per heavy atom. The number of aromatic nitrogens is 2. The van der Waals surface area contributed by atoms with Crippen molar-refractivity contribution in [2.75, 3.05) is 18.4 Å². The number of anilines is 1. The fraction of sp³-hybridized carbons (Fsp3) is 0.520. The Morgan fingerprint density at radius 2 is 1.94 bits per heavy atom. The normalized spacial score (nSPS) is 17.3. The van der Waals surface area contributed by atoms with Crippen molar-refractivity contribution in [3.8, 4) is 11.3 Å². The number of carbonyl (C=O) groups excluding carboxylic acids is 3. The molecule has 3 rings (SSSR count). The SMILES string of the molecule is CCC(NC(=O)CC1CCCN(C(=O)C(C)(C)C)C1)C(=O)Nc1cc(-c2ccccc2)[nH]n1. The Hall–Kier alpha value is -3.16. The second-order valence-corrected chi connectivity index (χ2v) is 9.76. The number of rotatable bonds is 7. The molecule has 1 aliphatic heterocycles. The third-order valence-corrected chi connectivity index (χ3v) is 5.90. The molecule has 0 aliphatic carbocycles. The Kier molecular flexibility index (Phi) is 7.89. The Balaban J connectivity index is 1.52. The van der Waals surface area contributed by atoms with E-state index in [1.165, 1.54) is 0 Å². The summed E-state index contributed by atoms with van der Waals surface area (Å²) in [4.78, 5) is 39.9. The lowest BCUT2D eigenvalue weighted by Gasteiger charge is -2.36. The highest BCUT2D eigenvalue weighted by molar-refractivity contribution is 5.96. The predicted molar refractivity (Wildman–Crippen MR) is 128 cm³/mol. The summed E-state index contributed by atoms with van der Waals surface area (Å²) in [7, 11) is 0. The van der Waals surface area contributed by atoms with Crippen LogP contribution >= 0.6 is 0 Å². The van der Waals surface area contributed by atoms with Crippen molar-refractivity contribution in [1.29, 1.82) is 0 Å². The summed E-state index contributed by atoms with van der Waals surface area (Å²) in [6.45, 7) is 8.93. The summed E-state index contributed by atoms with van der Waals surface area (Å²) in [5.41, 5.74) is 1.34. The van der Waals surface area contributed by atoms with Crippen LogP contribution in [-0.2, 0) is 14.4 Å². The molecule has 1 aromatic heterocycles. The first-order chi connectivity index (χ1) is 15.7. The van der Waals surface area contributed by atoms with Crippen molar-refractivity contribution >= 4 is 23.5 Å². The van der Waals surface area contributed by atoms with E-state index in [0.29, 0.717) is 25.2 Å². The molecule has 2 heterocycles. The van der Waals surface area contributed by atoms with Gasteiger partial charge in [-0.15, -0.1) is 0 Å². The van der Waals surface area contributed by atoms with E-state index in [0.717, 1.165) is 30.6 Å². The molecular weight excluding hydrogens is 418 g/mol. The first-order valence-electron chi connectivity index (χ1n) is 11.7. The number of H-pyrrole nitrogens is 1. The maximum Gasteiger partial charge on any atom is 0.248 e. The predicted octanol–water partition coefficient (Wildman–Crippen LogP) is 3.58. The average Bonchev–Trinajstić information content (AvgIpc) is 3.25. The summed E-state index contributed by atoms with van der Waals surface area (Å²) in [5.74, 6) is 0.164. The summed E-state index contributed by atoms with van der Waals surface area (Å²) in [6.07, 6.45) is 2.56. The van der Waals surface area contributed by atoms with Crippen molar-refractivity contribution in [1.82, 2.24) is 20.4 Å². The molecular formula is C25H35N5O3. The Bertz CT molecular complexity index is 964. The van der Waals surface area contributed by atoms with E-state index in [9.17, 15) is 14.4 Å². The Labute approximate surface area is 195 Å². The van der Waals surface area contributed by atoms with Crippen LogP contribution in [0, 0.1) is 11.3 Å². The summed E-state index contributed by atoms with van der Waals surface area (Å²) >= 11 is 0. The van der Waals surface area contributed by atoms with E-state index in [2.05, 4.69) is 20.8 Å². The van der Waals surface area contributed by atoms with Crippen LogP contribution in [0.3, 0.4) is 0 Å². The first kappa shape index (κ1) is 24.5. The van der Waals surface area contributed by atoms with Crippen LogP contribution in [0.4, 0.5) is 5.82 Å². The molecule has 3 amide bonds. The highest BCUT2D eigenvalue weighted by Crippen LogP contribution is 2.25. The monoisotopic (exact) mass is 453 g/mol. The van der Waals surface area contributed by atoms with Gasteiger partial charge in [0.1, 0.15) is 6.04 Å². The van der Waals surface area contributed by atoms with E-state index >= 15 is 0 Å². The van der Waals surface area contributed by atoms with Gasteiger partial charge in [-0.25, -0.2) is 0 Å². The molecule has 0 radical (unpaired) electrons. The zero-order valence-electron chi connectivity index (χ0n) is 20.0. The molecule has 1 aromatic carbocycles. The highest BCUT2D eigenvalue weighted by atomic mass is 16.2. The smallest absolute Gasteiger partial charge is 0.248 e. The van der Waals surface area contributed by atoms with Gasteiger partial charge in [0.25, 0.3) is 0 Å². The third-order valence-electron chi connectivity index (χ3n) is 5.90. The number of piperidine rings is 1. The Morgan fingerprint density at radius 1 is 1.21 bits per heavy atom. The fourth-order valence-corrected chi connectivity index (χ4v) is 4.12. The summed E-state index contributed by atoms with van der Waals surface area (Å²) < 4.78 is 0. The maximum absolute atomic E-state index is 12.7. The molecule has 0 spiro atoms. The number of likely N-dealkylation sites (tertiary alicyclic amines) is 1. The van der Waals surface area contributed by atoms with Gasteiger partial charge in [0.2, 0.25) is 17.7 Å². The van der Waals surface area contributed by atoms with E-state index in [-0.39, 0.29) is 23.6 Å². The lowest BCUT2D eigenvalue weighted by atomic mass is 9.90. The van der Waals surface area contributed by atoms with Crippen LogP contribution in [0.5, 0.6) is 0 Å². The minimum Gasteiger partial charge on any atom is -0.344 e. The lowest BCUT2D eigenvalue weighted by Crippen LogP contribution is -2.47. The molecule has 0 saturated carbocycles. The highest BCUT2D eigenvalue weighted by Gasteiger charge is 2.32. The van der Waals surface area contributed by atoms with Gasteiger partial charge in [0.15, 0.2) is 5.82 Å². The molecule has 8 heteroatoms. The van der Waals surface area contributed by atoms with E-state index in [1.807, 2.05) is 62.9 Å². The van der Waals surface area contributed by atoms with Gasteiger partial charge in [-0.05, 0) is 30.7 Å². The van der Waals surface area contributed by atoms with E-state index < -0.39 is 11.5 Å². The number of carbonyl (C=O) groups is 3. The maximum atomic E-state index is 12.7. The second kappa shape index (κ2) is 10.6. The van der Waals surface area contributed by atoms with Gasteiger partial charge in [0, 0.05) is 31.0 Å². The summed E-state index contributed by atoms with van der Waals surface area (Å²) in [5, 5.41) is 12.7. The van der Waals surface area contributed by atoms with Crippen molar-refractivity contribution in [2.45, 2.75) is 59.4 Å². The number of aromatic amines is 1. The third kappa shape index (κ3) is 6.66. The standard InChI is InChI=1S/C25H35N5O3/c1-5-19(23(32)27-21-15-20(28-29-21)18-11-7-6-8-12-18)26-22(31)14-17-10-9-13-30(16-17)24(33)25(2,3)4/h6-8,11-12,15,17,19H,5,9-10,13-14,16H2,1-4H3,(H,26,31)(H2,27,28,29,32). The van der Waals surface area contributed by atoms with Gasteiger partial charge in [0.05, 0.1) is 5.69 Å². The van der Waals surface area contributed by atoms with Crippen molar-refractivity contribution < 1.29 is 14.4 Å². The minimum absolute atomic E-state index is 0.102. The van der Waals surface area contributed by atoms with Crippen LogP contribution in [-0.4, -0.2) is 52.0 Å². The van der Waals surface area contributed by atoms with Crippen LogP contribution in [0.25, 0.3) is 11.3 Å². The number of hydrogen-bond acceptors (Lipinski definition) is 4. The number of benzene rings is 1. The van der Waals surface area contributed by atoms with Crippen molar-refractivity contribution in [3.63, 3.8) is 0 Å². The van der Waals surface area contributed by atoms with Crippen LogP contribution < -0.4 is 10.6 Å². The summed E-state index contributed by atoms with van der Waals surface area (Å²) in [6, 6.07) is 10.8. The molecule has 2 aromatic rings. The van der Waals surface area contributed by atoms with Crippen LogP contribution in [0.15, 0.2) is 36.4 Å². The number of nitrogens with one attached hydrogen (secondary N) is 3. The molecule has 3 N–H and O–H groups in total. The van der Waals surface area contributed by atoms with Gasteiger partial charge in [-0.1, -0.05) is 58.0 Å². The zero-order chi connectivity index (χ0) is 24.0. The number of amides is 3. The van der Waals surface area contributed by atoms with E-state index in [4.69, 9.17) is 0 Å². The fourth-order valence-electron chi connectivity index (χ4n) is 4.12. The van der Waals surface area contributed by atoms with Crippen molar-refractivity contribution in [2.24, 2.45) is 11.3 Å². The first-order valence-corrected chi connectivity index (χ1v) is 11.7. The molecule has 0 bridgehead atoms. The number of nitrogens with zero attached hydrogens (tertiary/aromatic N) is 2. The lowest BCUT2D eigenvalue weighted by molar-refractivity contribution is -0.142. The van der Waals surface area contributed by atoms with Crippen LogP contribution in [0.1, 0.15) is 53.4 Å². The van der Waals surface area contributed by atoms with Crippen molar-refractivity contribution in [3.05, 3.63) is 36.4 Å². The molecule has 2 atom stereocenters. The van der Waals surface area contributed by atoms with E-state index in [1.54, 1.807) is 6.07 Å². The molecule has 1 saturated heterocycles. The molecule has 178 valence electrons. The van der Waals surface area contributed by atoms with Gasteiger partial charge < -0.3 is 15.5 Å². The van der Waals surface area contributed by atoms with Crippen LogP contribution in [0.2, 0.25) is 0 Å². The average molecular weight is 454 g/mol. The quantitative estimate of drug-likeness (QED) is 0.595.